The van der Waals surface area contributed by atoms with Crippen molar-refractivity contribution in [2.45, 2.75) is 33.1 Å². The highest BCUT2D eigenvalue weighted by Crippen LogP contribution is 1.94. The lowest BCUT2D eigenvalue weighted by atomic mass is 10.2. The Morgan fingerprint density at radius 3 is 2.56 bits per heavy atom. The molecule has 0 rings (SSSR count). The Kier molecular flexibility index (Phi) is 7.05. The largest absolute Gasteiger partial charge is 0.0877 e. The Bertz CT molecular complexity index is 88.2. The molecule has 0 aromatic rings. The molecule has 52 valence electrons. The Morgan fingerprint density at radius 2 is 2.00 bits per heavy atom. The van der Waals surface area contributed by atoms with E-state index in [4.69, 9.17) is 0 Å². The molecule has 0 fully saturated rings. The molecule has 0 heteroatoms. The first-order valence-electron chi connectivity index (χ1n) is 3.69. The lowest BCUT2D eigenvalue weighted by molar-refractivity contribution is 0.815. The third-order valence-corrected chi connectivity index (χ3v) is 1.16. The van der Waals surface area contributed by atoms with E-state index < -0.39 is 0 Å². The SMILES string of the molecule is CC=CC=CCCCC. The van der Waals surface area contributed by atoms with Crippen LogP contribution in [0.4, 0.5) is 0 Å². The zero-order valence-corrected chi connectivity index (χ0v) is 6.43. The molecule has 0 aliphatic heterocycles. The number of allylic oxidation sites excluding steroid dienone is 4. The molecule has 0 aliphatic carbocycles. The fourth-order valence-corrected chi connectivity index (χ4v) is 0.608. The highest BCUT2D eigenvalue weighted by molar-refractivity contribution is 5.00. The van der Waals surface area contributed by atoms with Crippen molar-refractivity contribution in [2.24, 2.45) is 0 Å². The van der Waals surface area contributed by atoms with Gasteiger partial charge >= 0.3 is 0 Å². The van der Waals surface area contributed by atoms with E-state index in [0.29, 0.717) is 0 Å². The van der Waals surface area contributed by atoms with E-state index in [9.17, 15) is 0 Å². The van der Waals surface area contributed by atoms with Gasteiger partial charge in [-0.25, -0.2) is 0 Å². The molecule has 0 spiro atoms. The molecule has 0 aromatic carbocycles. The molecule has 0 N–H and O–H groups in total. The van der Waals surface area contributed by atoms with Crippen LogP contribution >= 0.6 is 0 Å². The summed E-state index contributed by atoms with van der Waals surface area (Å²) < 4.78 is 0. The zero-order chi connectivity index (χ0) is 6.95. The van der Waals surface area contributed by atoms with Crippen LogP contribution in [0, 0.1) is 0 Å². The first-order valence-corrected chi connectivity index (χ1v) is 3.69. The summed E-state index contributed by atoms with van der Waals surface area (Å²) in [5.41, 5.74) is 0. The third kappa shape index (κ3) is 7.48. The summed E-state index contributed by atoms with van der Waals surface area (Å²) in [6.07, 6.45) is 12.3. The minimum atomic E-state index is 1.22. The van der Waals surface area contributed by atoms with Crippen molar-refractivity contribution in [1.82, 2.24) is 0 Å². The maximum Gasteiger partial charge on any atom is -0.0348 e. The molecule has 0 aliphatic rings. The van der Waals surface area contributed by atoms with E-state index in [0.717, 1.165) is 0 Å². The number of unbranched alkanes of at least 4 members (excludes halogenated alkanes) is 2. The van der Waals surface area contributed by atoms with Gasteiger partial charge in [-0.1, -0.05) is 44.1 Å². The van der Waals surface area contributed by atoms with Crippen LogP contribution < -0.4 is 0 Å². The smallest absolute Gasteiger partial charge is 0.0348 e. The van der Waals surface area contributed by atoms with Gasteiger partial charge in [0.25, 0.3) is 0 Å². The van der Waals surface area contributed by atoms with Gasteiger partial charge in [0, 0.05) is 0 Å². The van der Waals surface area contributed by atoms with Crippen LogP contribution in [0.25, 0.3) is 0 Å². The first kappa shape index (κ1) is 8.48. The van der Waals surface area contributed by atoms with Crippen molar-refractivity contribution in [2.75, 3.05) is 0 Å². The molecule has 0 bridgehead atoms. The summed E-state index contributed by atoms with van der Waals surface area (Å²) in [6, 6.07) is 0. The number of hydrogen-bond acceptors (Lipinski definition) is 0. The van der Waals surface area contributed by atoms with Crippen molar-refractivity contribution >= 4 is 0 Å². The summed E-state index contributed by atoms with van der Waals surface area (Å²) >= 11 is 0. The molecule has 0 amide bonds. The lowest BCUT2D eigenvalue weighted by Crippen LogP contribution is -1.64. The van der Waals surface area contributed by atoms with E-state index in [1.807, 2.05) is 13.0 Å². The molecule has 0 atom stereocenters. The molecule has 9 heavy (non-hydrogen) atoms. The van der Waals surface area contributed by atoms with E-state index in [-0.39, 0.29) is 0 Å². The Balaban J connectivity index is 3.04. The molecule has 0 radical (unpaired) electrons. The van der Waals surface area contributed by atoms with Crippen molar-refractivity contribution < 1.29 is 0 Å². The Morgan fingerprint density at radius 1 is 1.22 bits per heavy atom. The van der Waals surface area contributed by atoms with E-state index in [2.05, 4.69) is 25.2 Å². The number of hydrogen-bond donors (Lipinski definition) is 0. The van der Waals surface area contributed by atoms with E-state index >= 15 is 0 Å². The van der Waals surface area contributed by atoms with Gasteiger partial charge < -0.3 is 0 Å². The first-order chi connectivity index (χ1) is 4.41. The number of rotatable bonds is 4. The summed E-state index contributed by atoms with van der Waals surface area (Å²) in [4.78, 5) is 0. The monoisotopic (exact) mass is 124 g/mol. The second kappa shape index (κ2) is 7.48. The standard InChI is InChI=1S/C9H16/c1-3-5-7-9-8-6-4-2/h3,5,7,9H,4,6,8H2,1-2H3. The maximum absolute atomic E-state index is 2.21. The minimum Gasteiger partial charge on any atom is -0.0877 e. The fourth-order valence-electron chi connectivity index (χ4n) is 0.608. The molecule has 0 heterocycles. The van der Waals surface area contributed by atoms with Gasteiger partial charge in [0.1, 0.15) is 0 Å². The normalized spacial score (nSPS) is 11.8. The van der Waals surface area contributed by atoms with Gasteiger partial charge in [0.05, 0.1) is 0 Å². The summed E-state index contributed by atoms with van der Waals surface area (Å²) in [5.74, 6) is 0. The van der Waals surface area contributed by atoms with Gasteiger partial charge in [0.15, 0.2) is 0 Å². The van der Waals surface area contributed by atoms with Crippen molar-refractivity contribution in [1.29, 1.82) is 0 Å². The highest BCUT2D eigenvalue weighted by atomic mass is 13.8. The highest BCUT2D eigenvalue weighted by Gasteiger charge is 1.74. The van der Waals surface area contributed by atoms with Gasteiger partial charge in [-0.05, 0) is 13.3 Å². The van der Waals surface area contributed by atoms with Crippen molar-refractivity contribution in [3.8, 4) is 0 Å². The van der Waals surface area contributed by atoms with Crippen LogP contribution in [0.15, 0.2) is 24.3 Å². The van der Waals surface area contributed by atoms with Crippen LogP contribution in [-0.2, 0) is 0 Å². The quantitative estimate of drug-likeness (QED) is 0.398. The second-order valence-corrected chi connectivity index (χ2v) is 2.10. The summed E-state index contributed by atoms with van der Waals surface area (Å²) in [7, 11) is 0. The van der Waals surface area contributed by atoms with Gasteiger partial charge in [-0.3, -0.25) is 0 Å². The summed E-state index contributed by atoms with van der Waals surface area (Å²) in [5, 5.41) is 0. The van der Waals surface area contributed by atoms with Gasteiger partial charge in [0.2, 0.25) is 0 Å². The average Bonchev–Trinajstić information content (AvgIpc) is 1.89. The van der Waals surface area contributed by atoms with Crippen LogP contribution in [0.3, 0.4) is 0 Å². The Hall–Kier alpha value is -0.520. The average molecular weight is 124 g/mol. The molecule has 0 nitrogen and oxygen atoms in total. The molecular formula is C9H16. The second-order valence-electron chi connectivity index (χ2n) is 2.10. The van der Waals surface area contributed by atoms with E-state index in [1.54, 1.807) is 0 Å². The molecule has 0 aromatic heterocycles. The Labute approximate surface area is 58.3 Å². The fraction of sp³-hybridized carbons (Fsp3) is 0.556. The molecule has 0 saturated heterocycles. The predicted octanol–water partition coefficient (Wildman–Crippen LogP) is 3.31. The molecule has 0 saturated carbocycles. The van der Waals surface area contributed by atoms with Gasteiger partial charge in [-0.15, -0.1) is 0 Å². The van der Waals surface area contributed by atoms with Crippen LogP contribution in [0.1, 0.15) is 33.1 Å². The minimum absolute atomic E-state index is 1.22. The van der Waals surface area contributed by atoms with Crippen molar-refractivity contribution in [3.05, 3.63) is 24.3 Å². The van der Waals surface area contributed by atoms with Crippen LogP contribution in [0.5, 0.6) is 0 Å². The predicted molar refractivity (Wildman–Crippen MR) is 43.5 cm³/mol. The van der Waals surface area contributed by atoms with Crippen LogP contribution in [-0.4, -0.2) is 0 Å². The molecule has 0 unspecified atom stereocenters. The maximum atomic E-state index is 2.21. The topological polar surface area (TPSA) is 0 Å². The van der Waals surface area contributed by atoms with E-state index in [1.165, 1.54) is 19.3 Å². The van der Waals surface area contributed by atoms with Crippen LogP contribution in [0.2, 0.25) is 0 Å². The van der Waals surface area contributed by atoms with Crippen molar-refractivity contribution in [3.63, 3.8) is 0 Å². The third-order valence-electron chi connectivity index (χ3n) is 1.16. The summed E-state index contributed by atoms with van der Waals surface area (Å²) in [6.45, 7) is 4.24. The zero-order valence-electron chi connectivity index (χ0n) is 6.43. The molecular weight excluding hydrogens is 108 g/mol. The lowest BCUT2D eigenvalue weighted by Gasteiger charge is -1.84. The van der Waals surface area contributed by atoms with Gasteiger partial charge in [-0.2, -0.15) is 0 Å².